The number of carbonyl (C=O) groups is 2. The van der Waals surface area contributed by atoms with Gasteiger partial charge in [-0.3, -0.25) is 4.79 Å². The molecule has 1 amide bonds. The average molecular weight is 450 g/mol. The zero-order valence-corrected chi connectivity index (χ0v) is 18.5. The lowest BCUT2D eigenvalue weighted by molar-refractivity contribution is -0.119. The minimum Gasteiger partial charge on any atom is -0.477 e. The molecular formula is C24H23FN4O4. The van der Waals surface area contributed by atoms with Crippen molar-refractivity contribution < 1.29 is 23.5 Å². The van der Waals surface area contributed by atoms with Gasteiger partial charge in [-0.15, -0.1) is 0 Å². The van der Waals surface area contributed by atoms with E-state index < -0.39 is 18.5 Å². The molecule has 0 saturated carbocycles. The van der Waals surface area contributed by atoms with Gasteiger partial charge in [0, 0.05) is 18.4 Å². The van der Waals surface area contributed by atoms with Gasteiger partial charge in [0.25, 0.3) is 5.91 Å². The van der Waals surface area contributed by atoms with Crippen molar-refractivity contribution in [1.29, 1.82) is 5.26 Å². The fourth-order valence-corrected chi connectivity index (χ4v) is 3.28. The maximum absolute atomic E-state index is 13.3. The number of rotatable bonds is 8. The molecule has 2 heterocycles. The van der Waals surface area contributed by atoms with E-state index in [9.17, 15) is 19.2 Å². The van der Waals surface area contributed by atoms with Gasteiger partial charge in [0.05, 0.1) is 12.2 Å². The van der Waals surface area contributed by atoms with E-state index in [1.807, 2.05) is 6.92 Å². The van der Waals surface area contributed by atoms with Crippen molar-refractivity contribution >= 4 is 17.7 Å². The fraction of sp³-hybridized carbons (Fsp3) is 0.250. The molecule has 0 radical (unpaired) electrons. The number of carbonyl (C=O) groups excluding carboxylic acids is 2. The van der Waals surface area contributed by atoms with E-state index >= 15 is 0 Å². The van der Waals surface area contributed by atoms with Crippen molar-refractivity contribution in [3.63, 3.8) is 0 Å². The summed E-state index contributed by atoms with van der Waals surface area (Å²) in [7, 11) is 0. The Hall–Kier alpha value is -4.19. The highest BCUT2D eigenvalue weighted by molar-refractivity contribution is 5.97. The summed E-state index contributed by atoms with van der Waals surface area (Å²) in [6.45, 7) is 5.43. The molecule has 33 heavy (non-hydrogen) atoms. The van der Waals surface area contributed by atoms with Gasteiger partial charge < -0.3 is 19.4 Å². The van der Waals surface area contributed by atoms with Crippen LogP contribution >= 0.6 is 0 Å². The lowest BCUT2D eigenvalue weighted by atomic mass is 10.2. The van der Waals surface area contributed by atoms with E-state index in [-0.39, 0.29) is 23.1 Å². The second-order valence-electron chi connectivity index (χ2n) is 7.17. The van der Waals surface area contributed by atoms with Gasteiger partial charge in [0.1, 0.15) is 23.3 Å². The summed E-state index contributed by atoms with van der Waals surface area (Å²) in [5.41, 5.74) is 2.70. The number of anilines is 1. The molecule has 3 aromatic rings. The predicted octanol–water partition coefficient (Wildman–Crippen LogP) is 3.75. The number of hydrogen-bond donors (Lipinski definition) is 1. The van der Waals surface area contributed by atoms with Gasteiger partial charge in [-0.2, -0.15) is 5.26 Å². The first kappa shape index (κ1) is 23.5. The average Bonchev–Trinajstić information content (AvgIpc) is 3.03. The van der Waals surface area contributed by atoms with Crippen LogP contribution in [0.4, 0.5) is 10.2 Å². The van der Waals surface area contributed by atoms with Crippen molar-refractivity contribution in [1.82, 2.24) is 9.55 Å². The minimum atomic E-state index is -0.753. The Kier molecular flexibility index (Phi) is 7.41. The van der Waals surface area contributed by atoms with Crippen LogP contribution in [-0.4, -0.2) is 34.6 Å². The van der Waals surface area contributed by atoms with Crippen LogP contribution in [0.25, 0.3) is 0 Å². The second kappa shape index (κ2) is 10.4. The maximum Gasteiger partial charge on any atom is 0.344 e. The molecule has 0 saturated heterocycles. The molecule has 0 unspecified atom stereocenters. The highest BCUT2D eigenvalue weighted by Gasteiger charge is 2.21. The monoisotopic (exact) mass is 450 g/mol. The van der Waals surface area contributed by atoms with Crippen molar-refractivity contribution in [2.75, 3.05) is 18.5 Å². The van der Waals surface area contributed by atoms with Crippen LogP contribution in [0.15, 0.2) is 42.6 Å². The molecule has 0 spiro atoms. The first-order valence-corrected chi connectivity index (χ1v) is 10.2. The fourth-order valence-electron chi connectivity index (χ4n) is 3.28. The third kappa shape index (κ3) is 5.36. The molecule has 0 fully saturated rings. The largest absolute Gasteiger partial charge is 0.477 e. The molecule has 0 aliphatic heterocycles. The summed E-state index contributed by atoms with van der Waals surface area (Å²) in [4.78, 5) is 29.0. The maximum atomic E-state index is 13.3. The van der Waals surface area contributed by atoms with Crippen LogP contribution in [0.1, 0.15) is 39.7 Å². The third-order valence-electron chi connectivity index (χ3n) is 5.06. The number of nitrogens with one attached hydrogen (secondary N) is 1. The molecule has 0 aliphatic rings. The molecule has 0 aliphatic carbocycles. The zero-order chi connectivity index (χ0) is 24.0. The van der Waals surface area contributed by atoms with Crippen molar-refractivity contribution in [2.45, 2.75) is 27.3 Å². The number of aromatic nitrogens is 2. The van der Waals surface area contributed by atoms with E-state index in [0.717, 1.165) is 11.3 Å². The lowest BCUT2D eigenvalue weighted by Crippen LogP contribution is -2.23. The molecule has 2 aromatic heterocycles. The van der Waals surface area contributed by atoms with E-state index in [2.05, 4.69) is 16.4 Å². The van der Waals surface area contributed by atoms with Gasteiger partial charge in [0.15, 0.2) is 6.61 Å². The van der Waals surface area contributed by atoms with Crippen molar-refractivity contribution in [3.8, 4) is 11.9 Å². The number of esters is 1. The van der Waals surface area contributed by atoms with Gasteiger partial charge in [-0.05, 0) is 56.2 Å². The number of pyridine rings is 1. The molecule has 1 aromatic carbocycles. The zero-order valence-electron chi connectivity index (χ0n) is 18.5. The Bertz CT molecular complexity index is 1210. The summed E-state index contributed by atoms with van der Waals surface area (Å²) >= 11 is 0. The Morgan fingerprint density at radius 2 is 1.94 bits per heavy atom. The SMILES string of the molecule is CCOc1ncccc1C(=O)OCC(=O)Nc1c(C#N)c(C)c(C)n1Cc1ccc(F)cc1. The van der Waals surface area contributed by atoms with E-state index in [4.69, 9.17) is 9.47 Å². The number of ether oxygens (including phenoxy) is 2. The van der Waals surface area contributed by atoms with Crippen molar-refractivity contribution in [2.24, 2.45) is 0 Å². The van der Waals surface area contributed by atoms with E-state index in [0.29, 0.717) is 24.3 Å². The van der Waals surface area contributed by atoms with Gasteiger partial charge >= 0.3 is 5.97 Å². The lowest BCUT2D eigenvalue weighted by Gasteiger charge is -2.14. The molecule has 1 N–H and O–H groups in total. The first-order chi connectivity index (χ1) is 15.8. The Balaban J connectivity index is 1.76. The highest BCUT2D eigenvalue weighted by Crippen LogP contribution is 2.27. The van der Waals surface area contributed by atoms with Crippen LogP contribution in [0, 0.1) is 31.0 Å². The van der Waals surface area contributed by atoms with Crippen LogP contribution in [-0.2, 0) is 16.1 Å². The van der Waals surface area contributed by atoms with Gasteiger partial charge in [-0.1, -0.05) is 12.1 Å². The van der Waals surface area contributed by atoms with Gasteiger partial charge in [0.2, 0.25) is 5.88 Å². The Labute approximate surface area is 190 Å². The molecule has 170 valence electrons. The van der Waals surface area contributed by atoms with Gasteiger partial charge in [-0.25, -0.2) is 14.2 Å². The van der Waals surface area contributed by atoms with Crippen LogP contribution in [0.3, 0.4) is 0 Å². The highest BCUT2D eigenvalue weighted by atomic mass is 19.1. The number of nitrogens with zero attached hydrogens (tertiary/aromatic N) is 3. The first-order valence-electron chi connectivity index (χ1n) is 10.2. The summed E-state index contributed by atoms with van der Waals surface area (Å²) in [5.74, 6) is -1.31. The number of hydrogen-bond acceptors (Lipinski definition) is 6. The molecule has 3 rings (SSSR count). The number of halogens is 1. The van der Waals surface area contributed by atoms with Crippen LogP contribution < -0.4 is 10.1 Å². The summed E-state index contributed by atoms with van der Waals surface area (Å²) < 4.78 is 25.5. The minimum absolute atomic E-state index is 0.108. The van der Waals surface area contributed by atoms with E-state index in [1.54, 1.807) is 36.6 Å². The third-order valence-corrected chi connectivity index (χ3v) is 5.06. The Morgan fingerprint density at radius 1 is 1.21 bits per heavy atom. The normalized spacial score (nSPS) is 10.4. The number of benzene rings is 1. The molecule has 0 bridgehead atoms. The molecule has 8 nitrogen and oxygen atoms in total. The standard InChI is InChI=1S/C24H23FN4O4/c1-4-32-23-19(6-5-11-27-23)24(31)33-14-21(30)28-22-20(12-26)15(2)16(3)29(22)13-17-7-9-18(25)10-8-17/h5-11H,4,13-14H2,1-3H3,(H,28,30). The number of amides is 1. The molecular weight excluding hydrogens is 427 g/mol. The summed E-state index contributed by atoms with van der Waals surface area (Å²) in [5, 5.41) is 12.3. The molecule has 0 atom stereocenters. The van der Waals surface area contributed by atoms with Crippen LogP contribution in [0.5, 0.6) is 5.88 Å². The van der Waals surface area contributed by atoms with Crippen LogP contribution in [0.2, 0.25) is 0 Å². The second-order valence-corrected chi connectivity index (χ2v) is 7.17. The van der Waals surface area contributed by atoms with Crippen molar-refractivity contribution in [3.05, 3.63) is 76.4 Å². The summed E-state index contributed by atoms with van der Waals surface area (Å²) in [6.07, 6.45) is 1.48. The van der Waals surface area contributed by atoms with E-state index in [1.165, 1.54) is 24.4 Å². The molecule has 9 heteroatoms. The topological polar surface area (TPSA) is 106 Å². The Morgan fingerprint density at radius 3 is 2.61 bits per heavy atom. The summed E-state index contributed by atoms with van der Waals surface area (Å²) in [6, 6.07) is 11.1. The number of nitriles is 1. The quantitative estimate of drug-likeness (QED) is 0.524. The smallest absolute Gasteiger partial charge is 0.344 e. The predicted molar refractivity (Wildman–Crippen MR) is 118 cm³/mol.